The number of para-hydroxylation sites is 1. The highest BCUT2D eigenvalue weighted by Gasteiger charge is 2.05. The molecule has 0 amide bonds. The van der Waals surface area contributed by atoms with Gasteiger partial charge in [0.05, 0.1) is 0 Å². The van der Waals surface area contributed by atoms with Crippen LogP contribution < -0.4 is 10.9 Å². The van der Waals surface area contributed by atoms with Gasteiger partial charge in [0.25, 0.3) is 0 Å². The number of hydrogen-bond donors (Lipinski definition) is 1. The van der Waals surface area contributed by atoms with E-state index >= 15 is 0 Å². The van der Waals surface area contributed by atoms with E-state index in [1.807, 2.05) is 42.5 Å². The van der Waals surface area contributed by atoms with Crippen LogP contribution in [-0.2, 0) is 0 Å². The second-order valence-corrected chi connectivity index (χ2v) is 4.96. The molecule has 1 aromatic heterocycles. The zero-order valence-corrected chi connectivity index (χ0v) is 11.8. The van der Waals surface area contributed by atoms with Crippen LogP contribution in [-0.4, -0.2) is 0 Å². The minimum atomic E-state index is -0.402. The average Bonchev–Trinajstić information content (AvgIpc) is 2.48. The highest BCUT2D eigenvalue weighted by molar-refractivity contribution is 6.30. The summed E-state index contributed by atoms with van der Waals surface area (Å²) in [6.07, 6.45) is 0. The van der Waals surface area contributed by atoms with Crippen molar-refractivity contribution < 1.29 is 4.42 Å². The fraction of sp³-hybridized carbons (Fsp3) is 0. The Morgan fingerprint density at radius 3 is 2.29 bits per heavy atom. The Balaban J connectivity index is 1.96. The smallest absolute Gasteiger partial charge is 0.338 e. The fourth-order valence-electron chi connectivity index (χ4n) is 1.99. The van der Waals surface area contributed by atoms with Crippen molar-refractivity contribution in [1.82, 2.24) is 0 Å². The third kappa shape index (κ3) is 3.33. The van der Waals surface area contributed by atoms with Crippen molar-refractivity contribution in [3.63, 3.8) is 0 Å². The van der Waals surface area contributed by atoms with Crippen molar-refractivity contribution in [3.05, 3.63) is 82.2 Å². The predicted molar refractivity (Wildman–Crippen MR) is 85.1 cm³/mol. The molecule has 0 bridgehead atoms. The van der Waals surface area contributed by atoms with Gasteiger partial charge >= 0.3 is 5.63 Å². The number of hydrogen-bond acceptors (Lipinski definition) is 3. The summed E-state index contributed by atoms with van der Waals surface area (Å²) < 4.78 is 5.24. The minimum Gasteiger partial charge on any atom is -0.423 e. The molecule has 3 rings (SSSR count). The molecule has 0 aliphatic heterocycles. The third-order valence-electron chi connectivity index (χ3n) is 2.96. The van der Waals surface area contributed by atoms with E-state index in [2.05, 4.69) is 5.32 Å². The molecule has 4 heteroatoms. The Kier molecular flexibility index (Phi) is 3.75. The molecule has 3 nitrogen and oxygen atoms in total. The number of anilines is 2. The zero-order chi connectivity index (χ0) is 14.7. The van der Waals surface area contributed by atoms with Crippen LogP contribution >= 0.6 is 11.6 Å². The molecule has 0 fully saturated rings. The van der Waals surface area contributed by atoms with Gasteiger partial charge in [0.2, 0.25) is 0 Å². The van der Waals surface area contributed by atoms with Gasteiger partial charge in [-0.2, -0.15) is 0 Å². The molecule has 0 unspecified atom stereocenters. The van der Waals surface area contributed by atoms with Gasteiger partial charge in [0.1, 0.15) is 5.76 Å². The van der Waals surface area contributed by atoms with Crippen molar-refractivity contribution >= 4 is 23.0 Å². The third-order valence-corrected chi connectivity index (χ3v) is 3.21. The van der Waals surface area contributed by atoms with E-state index in [1.54, 1.807) is 18.2 Å². The quantitative estimate of drug-likeness (QED) is 0.761. The summed E-state index contributed by atoms with van der Waals surface area (Å²) in [6, 6.07) is 20.0. The Bertz CT molecular complexity index is 795. The molecule has 0 aliphatic rings. The van der Waals surface area contributed by atoms with Gasteiger partial charge in [-0.15, -0.1) is 0 Å². The van der Waals surface area contributed by atoms with Crippen molar-refractivity contribution in [2.45, 2.75) is 0 Å². The summed E-state index contributed by atoms with van der Waals surface area (Å²) in [5.74, 6) is 0.498. The van der Waals surface area contributed by atoms with Gasteiger partial charge in [0.15, 0.2) is 0 Å². The molecule has 0 spiro atoms. The van der Waals surface area contributed by atoms with E-state index in [-0.39, 0.29) is 0 Å². The van der Waals surface area contributed by atoms with E-state index in [0.29, 0.717) is 16.5 Å². The molecule has 0 aliphatic carbocycles. The lowest BCUT2D eigenvalue weighted by molar-refractivity contribution is 0.527. The number of rotatable bonds is 3. The molecule has 0 saturated carbocycles. The van der Waals surface area contributed by atoms with Crippen molar-refractivity contribution in [2.24, 2.45) is 0 Å². The molecule has 3 aromatic rings. The van der Waals surface area contributed by atoms with Gasteiger partial charge in [-0.05, 0) is 36.4 Å². The lowest BCUT2D eigenvalue weighted by atomic mass is 10.1. The van der Waals surface area contributed by atoms with Crippen LogP contribution in [0.15, 0.2) is 75.9 Å². The largest absolute Gasteiger partial charge is 0.423 e. The van der Waals surface area contributed by atoms with Crippen LogP contribution in [0, 0.1) is 0 Å². The maximum absolute atomic E-state index is 11.7. The second-order valence-electron chi connectivity index (χ2n) is 4.53. The molecule has 21 heavy (non-hydrogen) atoms. The first-order chi connectivity index (χ1) is 10.2. The van der Waals surface area contributed by atoms with E-state index in [4.69, 9.17) is 16.0 Å². The zero-order valence-electron chi connectivity index (χ0n) is 11.0. The van der Waals surface area contributed by atoms with Gasteiger partial charge in [-0.1, -0.05) is 29.8 Å². The summed E-state index contributed by atoms with van der Waals surface area (Å²) in [5.41, 5.74) is 1.99. The summed E-state index contributed by atoms with van der Waals surface area (Å²) in [7, 11) is 0. The van der Waals surface area contributed by atoms with Gasteiger partial charge in [-0.3, -0.25) is 0 Å². The first kappa shape index (κ1) is 13.5. The van der Waals surface area contributed by atoms with Crippen LogP contribution in [0.25, 0.3) is 11.3 Å². The molecule has 2 aromatic carbocycles. The van der Waals surface area contributed by atoms with Crippen LogP contribution in [0.5, 0.6) is 0 Å². The first-order valence-corrected chi connectivity index (χ1v) is 6.82. The number of benzene rings is 2. The monoisotopic (exact) mass is 297 g/mol. The van der Waals surface area contributed by atoms with E-state index < -0.39 is 5.63 Å². The standard InChI is InChI=1S/C17H12ClNO2/c18-13-8-6-12(7-9-13)16-10-15(11-17(20)21-16)19-14-4-2-1-3-5-14/h1-11,19H. The fourth-order valence-corrected chi connectivity index (χ4v) is 2.12. The van der Waals surface area contributed by atoms with Crippen LogP contribution in [0.3, 0.4) is 0 Å². The predicted octanol–water partition coefficient (Wildman–Crippen LogP) is 4.70. The highest BCUT2D eigenvalue weighted by Crippen LogP contribution is 2.24. The molecular formula is C17H12ClNO2. The maximum Gasteiger partial charge on any atom is 0.338 e. The summed E-state index contributed by atoms with van der Waals surface area (Å²) in [5, 5.41) is 3.82. The summed E-state index contributed by atoms with van der Waals surface area (Å²) in [6.45, 7) is 0. The normalized spacial score (nSPS) is 10.3. The SMILES string of the molecule is O=c1cc(Nc2ccccc2)cc(-c2ccc(Cl)cc2)o1. The Morgan fingerprint density at radius 1 is 0.857 bits per heavy atom. The van der Waals surface area contributed by atoms with E-state index in [0.717, 1.165) is 11.3 Å². The lowest BCUT2D eigenvalue weighted by Gasteiger charge is -2.07. The summed E-state index contributed by atoms with van der Waals surface area (Å²) >= 11 is 5.86. The lowest BCUT2D eigenvalue weighted by Crippen LogP contribution is -2.01. The molecule has 0 radical (unpaired) electrons. The number of nitrogens with one attached hydrogen (secondary N) is 1. The Morgan fingerprint density at radius 2 is 1.57 bits per heavy atom. The van der Waals surface area contributed by atoms with Crippen molar-refractivity contribution in [2.75, 3.05) is 5.32 Å². The molecule has 0 atom stereocenters. The van der Waals surface area contributed by atoms with E-state index in [1.165, 1.54) is 6.07 Å². The first-order valence-electron chi connectivity index (χ1n) is 6.44. The van der Waals surface area contributed by atoms with Gasteiger partial charge in [0, 0.05) is 34.1 Å². The van der Waals surface area contributed by atoms with Crippen LogP contribution in [0.4, 0.5) is 11.4 Å². The maximum atomic E-state index is 11.7. The van der Waals surface area contributed by atoms with Gasteiger partial charge in [-0.25, -0.2) is 4.79 Å². The highest BCUT2D eigenvalue weighted by atomic mass is 35.5. The molecular weight excluding hydrogens is 286 g/mol. The molecule has 1 heterocycles. The topological polar surface area (TPSA) is 42.2 Å². The van der Waals surface area contributed by atoms with E-state index in [9.17, 15) is 4.79 Å². The van der Waals surface area contributed by atoms with Crippen molar-refractivity contribution in [3.8, 4) is 11.3 Å². The average molecular weight is 298 g/mol. The van der Waals surface area contributed by atoms with Crippen LogP contribution in [0.1, 0.15) is 0 Å². The number of halogens is 1. The van der Waals surface area contributed by atoms with Gasteiger partial charge < -0.3 is 9.73 Å². The molecule has 1 N–H and O–H groups in total. The van der Waals surface area contributed by atoms with Crippen LogP contribution in [0.2, 0.25) is 5.02 Å². The second kappa shape index (κ2) is 5.85. The molecule has 0 saturated heterocycles. The minimum absolute atomic E-state index is 0.402. The summed E-state index contributed by atoms with van der Waals surface area (Å²) in [4.78, 5) is 11.7. The Hall–Kier alpha value is -2.52. The molecule has 104 valence electrons. The van der Waals surface area contributed by atoms with Crippen molar-refractivity contribution in [1.29, 1.82) is 0 Å². The Labute approximate surface area is 126 Å².